The summed E-state index contributed by atoms with van der Waals surface area (Å²) in [7, 11) is 0. The summed E-state index contributed by atoms with van der Waals surface area (Å²) in [6, 6.07) is 6.67. The third kappa shape index (κ3) is 3.42. The van der Waals surface area contributed by atoms with Gasteiger partial charge < -0.3 is 10.8 Å². The number of nitrogens with two attached hydrogens (primary N) is 1. The normalized spacial score (nSPS) is 31.2. The Bertz CT molecular complexity index is 1590. The minimum absolute atomic E-state index is 0.0390. The van der Waals surface area contributed by atoms with Gasteiger partial charge in [0.25, 0.3) is 0 Å². The smallest absolute Gasteiger partial charge is 0.328 e. The Morgan fingerprint density at radius 3 is 2.40 bits per heavy atom. The molecule has 2 aromatic rings. The topological polar surface area (TPSA) is 138 Å². The highest BCUT2D eigenvalue weighted by molar-refractivity contribution is 6.32. The monoisotopic (exact) mass is 585 g/mol. The zero-order valence-corrected chi connectivity index (χ0v) is 22.4. The van der Waals surface area contributed by atoms with E-state index in [-0.39, 0.29) is 34.3 Å². The Labute approximate surface area is 237 Å². The molecule has 0 radical (unpaired) electrons. The van der Waals surface area contributed by atoms with Gasteiger partial charge in [-0.2, -0.15) is 4.90 Å². The van der Waals surface area contributed by atoms with Gasteiger partial charge in [0.15, 0.2) is 0 Å². The van der Waals surface area contributed by atoms with E-state index < -0.39 is 70.5 Å². The van der Waals surface area contributed by atoms with E-state index >= 15 is 0 Å². The van der Waals surface area contributed by atoms with Crippen molar-refractivity contribution in [1.82, 2.24) is 4.90 Å². The van der Waals surface area contributed by atoms with E-state index in [9.17, 15) is 33.5 Å². The van der Waals surface area contributed by atoms with Crippen LogP contribution in [-0.2, 0) is 19.2 Å². The summed E-state index contributed by atoms with van der Waals surface area (Å²) >= 11 is 12.6. The SMILES string of the molecule is C[C@@]12C(=O)N(c3ccc(F)c(Cl)c3)C(=O)[C@@H]1C[C@@H]1C(=CC[C@@H]3C(=O)N(C(N)=O)C(=O)[C@@H]31)[C@@H]2c1ccc(O)cc1Cl. The van der Waals surface area contributed by atoms with Gasteiger partial charge in [-0.25, -0.2) is 14.1 Å². The standard InChI is InChI=1S/C28H22Cl2FN3O6/c1-28-17(24(37)33(26(28)39)11-2-7-20(31)19(30)8-11)10-16-13(22(28)14-4-3-12(35)9-18(14)29)5-6-15-21(16)25(38)34(23(15)36)27(32)40/h2-5,7-9,15-17,21-22,35H,6,10H2,1H3,(H2,32,40)/t15-,16+,17-,21-,22+,28+/m0/s1. The first-order valence-electron chi connectivity index (χ1n) is 12.6. The number of anilines is 1. The number of aromatic hydroxyl groups is 1. The lowest BCUT2D eigenvalue weighted by Gasteiger charge is -2.49. The van der Waals surface area contributed by atoms with E-state index in [2.05, 4.69) is 0 Å². The van der Waals surface area contributed by atoms with Crippen LogP contribution in [0.4, 0.5) is 14.9 Å². The maximum Gasteiger partial charge on any atom is 0.328 e. The highest BCUT2D eigenvalue weighted by Crippen LogP contribution is 2.64. The van der Waals surface area contributed by atoms with Crippen LogP contribution in [0.2, 0.25) is 10.0 Å². The first-order chi connectivity index (χ1) is 18.9. The van der Waals surface area contributed by atoms with Gasteiger partial charge in [-0.05, 0) is 61.6 Å². The lowest BCUT2D eigenvalue weighted by Crippen LogP contribution is -2.49. The van der Waals surface area contributed by atoms with Crippen molar-refractivity contribution in [2.45, 2.75) is 25.7 Å². The number of carbonyl (C=O) groups is 5. The number of primary amides is 1. The van der Waals surface area contributed by atoms with Gasteiger partial charge in [0.1, 0.15) is 11.6 Å². The maximum atomic E-state index is 14.2. The fourth-order valence-electron chi connectivity index (χ4n) is 7.20. The van der Waals surface area contributed by atoms with Crippen molar-refractivity contribution >= 4 is 58.5 Å². The van der Waals surface area contributed by atoms with E-state index in [1.807, 2.05) is 0 Å². The largest absolute Gasteiger partial charge is 0.508 e. The number of fused-ring (bicyclic) bond motifs is 4. The molecule has 0 aromatic heterocycles. The number of amides is 6. The molecule has 40 heavy (non-hydrogen) atoms. The summed E-state index contributed by atoms with van der Waals surface area (Å²) in [6.07, 6.45) is 1.94. The molecule has 1 saturated carbocycles. The molecule has 2 saturated heterocycles. The molecular weight excluding hydrogens is 564 g/mol. The van der Waals surface area contributed by atoms with Gasteiger partial charge in [0.2, 0.25) is 23.6 Å². The minimum atomic E-state index is -1.40. The first-order valence-corrected chi connectivity index (χ1v) is 13.3. The van der Waals surface area contributed by atoms with E-state index in [0.29, 0.717) is 16.0 Å². The Hall–Kier alpha value is -3.76. The van der Waals surface area contributed by atoms with Gasteiger partial charge in [-0.15, -0.1) is 0 Å². The first kappa shape index (κ1) is 26.5. The lowest BCUT2D eigenvalue weighted by molar-refractivity contribution is -0.136. The molecular formula is C28H22Cl2FN3O6. The van der Waals surface area contributed by atoms with Crippen LogP contribution >= 0.6 is 23.2 Å². The number of imide groups is 4. The van der Waals surface area contributed by atoms with Crippen molar-refractivity contribution in [2.75, 3.05) is 4.90 Å². The van der Waals surface area contributed by atoms with Gasteiger partial charge in [0, 0.05) is 10.9 Å². The predicted octanol–water partition coefficient (Wildman–Crippen LogP) is 4.15. The summed E-state index contributed by atoms with van der Waals surface area (Å²) < 4.78 is 13.9. The van der Waals surface area contributed by atoms with Gasteiger partial charge >= 0.3 is 6.03 Å². The molecule has 6 atom stereocenters. The fourth-order valence-corrected chi connectivity index (χ4v) is 7.66. The van der Waals surface area contributed by atoms with Crippen molar-refractivity contribution in [3.05, 3.63) is 69.5 Å². The van der Waals surface area contributed by atoms with Gasteiger partial charge in [-0.3, -0.25) is 19.2 Å². The number of halogens is 3. The number of hydrogen-bond donors (Lipinski definition) is 2. The van der Waals surface area contributed by atoms with Crippen LogP contribution in [0.3, 0.4) is 0 Å². The quantitative estimate of drug-likeness (QED) is 0.401. The van der Waals surface area contributed by atoms with Crippen molar-refractivity contribution in [3.8, 4) is 5.75 Å². The van der Waals surface area contributed by atoms with E-state index in [0.717, 1.165) is 11.0 Å². The van der Waals surface area contributed by atoms with Crippen LogP contribution in [0.1, 0.15) is 31.2 Å². The molecule has 12 heteroatoms. The van der Waals surface area contributed by atoms with Crippen LogP contribution in [0.5, 0.6) is 5.75 Å². The molecule has 2 aliphatic carbocycles. The van der Waals surface area contributed by atoms with Crippen LogP contribution in [-0.4, -0.2) is 39.7 Å². The number of likely N-dealkylation sites (tertiary alicyclic amines) is 1. The maximum absolute atomic E-state index is 14.2. The van der Waals surface area contributed by atoms with Crippen LogP contribution < -0.4 is 10.6 Å². The summed E-state index contributed by atoms with van der Waals surface area (Å²) in [5.74, 6) is -7.66. The zero-order valence-electron chi connectivity index (χ0n) is 20.9. The number of nitrogens with zero attached hydrogens (tertiary/aromatic N) is 2. The van der Waals surface area contributed by atoms with Crippen molar-refractivity contribution in [3.63, 3.8) is 0 Å². The van der Waals surface area contributed by atoms with Gasteiger partial charge in [0.05, 0.1) is 33.9 Å². The van der Waals surface area contributed by atoms with E-state index in [1.165, 1.54) is 24.3 Å². The molecule has 9 nitrogen and oxygen atoms in total. The van der Waals surface area contributed by atoms with Crippen molar-refractivity contribution in [2.24, 2.45) is 34.8 Å². The highest BCUT2D eigenvalue weighted by Gasteiger charge is 2.68. The molecule has 2 heterocycles. The summed E-state index contributed by atoms with van der Waals surface area (Å²) in [5.41, 5.74) is 5.13. The van der Waals surface area contributed by atoms with Crippen LogP contribution in [0.15, 0.2) is 48.0 Å². The number of phenolic OH excluding ortho intramolecular Hbond substituents is 1. The molecule has 3 fully saturated rings. The summed E-state index contributed by atoms with van der Waals surface area (Å²) in [5, 5.41) is 9.90. The van der Waals surface area contributed by atoms with Crippen LogP contribution in [0.25, 0.3) is 0 Å². The number of rotatable bonds is 2. The molecule has 0 unspecified atom stereocenters. The Morgan fingerprint density at radius 2 is 1.75 bits per heavy atom. The average Bonchev–Trinajstić information content (AvgIpc) is 3.26. The third-order valence-corrected chi connectivity index (χ3v) is 9.57. The molecule has 3 N–H and O–H groups in total. The van der Waals surface area contributed by atoms with Crippen molar-refractivity contribution < 1.29 is 33.5 Å². The second-order valence-corrected chi connectivity index (χ2v) is 11.6. The highest BCUT2D eigenvalue weighted by atomic mass is 35.5. The average molecular weight is 586 g/mol. The zero-order chi connectivity index (χ0) is 28.8. The number of phenols is 1. The van der Waals surface area contributed by atoms with Crippen molar-refractivity contribution in [1.29, 1.82) is 0 Å². The Morgan fingerprint density at radius 1 is 1.02 bits per heavy atom. The number of urea groups is 1. The second kappa shape index (κ2) is 8.87. The summed E-state index contributed by atoms with van der Waals surface area (Å²) in [6.45, 7) is 1.65. The summed E-state index contributed by atoms with van der Waals surface area (Å²) in [4.78, 5) is 68.0. The fraction of sp³-hybridized carbons (Fsp3) is 0.321. The molecule has 2 aliphatic heterocycles. The molecule has 6 amide bonds. The van der Waals surface area contributed by atoms with Crippen LogP contribution in [0, 0.1) is 34.9 Å². The Balaban J connectivity index is 1.54. The molecule has 4 aliphatic rings. The molecule has 6 rings (SSSR count). The number of hydrogen-bond acceptors (Lipinski definition) is 6. The minimum Gasteiger partial charge on any atom is -0.508 e. The number of benzene rings is 2. The number of allylic oxidation sites excluding steroid dienone is 2. The number of carbonyl (C=O) groups excluding carboxylic acids is 5. The Kier molecular flexibility index (Phi) is 5.87. The van der Waals surface area contributed by atoms with E-state index in [4.69, 9.17) is 28.9 Å². The second-order valence-electron chi connectivity index (χ2n) is 10.8. The lowest BCUT2D eigenvalue weighted by atomic mass is 9.51. The molecule has 206 valence electrons. The predicted molar refractivity (Wildman–Crippen MR) is 141 cm³/mol. The molecule has 0 bridgehead atoms. The molecule has 0 spiro atoms. The molecule has 2 aromatic carbocycles. The van der Waals surface area contributed by atoms with Gasteiger partial charge in [-0.1, -0.05) is 40.9 Å². The third-order valence-electron chi connectivity index (χ3n) is 8.95. The van der Waals surface area contributed by atoms with E-state index in [1.54, 1.807) is 19.1 Å².